The highest BCUT2D eigenvalue weighted by molar-refractivity contribution is 5.79. The third-order valence-electron chi connectivity index (χ3n) is 3.86. The Balaban J connectivity index is 1.48. The fraction of sp³-hybridized carbons (Fsp3) is 0.294. The van der Waals surface area contributed by atoms with Crippen molar-refractivity contribution in [3.63, 3.8) is 0 Å². The van der Waals surface area contributed by atoms with Gasteiger partial charge in [-0.15, -0.1) is 0 Å². The Morgan fingerprint density at radius 1 is 1.38 bits per heavy atom. The van der Waals surface area contributed by atoms with Crippen LogP contribution in [0, 0.1) is 5.92 Å². The second kappa shape index (κ2) is 6.39. The van der Waals surface area contributed by atoms with Crippen molar-refractivity contribution in [1.82, 2.24) is 15.3 Å². The van der Waals surface area contributed by atoms with Gasteiger partial charge < -0.3 is 10.3 Å². The summed E-state index contributed by atoms with van der Waals surface area (Å²) in [7, 11) is 0. The molecule has 1 aromatic carbocycles. The molecule has 4 heteroatoms. The number of imidazole rings is 1. The molecule has 0 aliphatic heterocycles. The van der Waals surface area contributed by atoms with Crippen LogP contribution in [0.2, 0.25) is 0 Å². The topological polar surface area (TPSA) is 57.8 Å². The highest BCUT2D eigenvalue weighted by atomic mass is 16.1. The maximum absolute atomic E-state index is 12.2. The molecule has 0 radical (unpaired) electrons. The van der Waals surface area contributed by atoms with E-state index in [0.717, 1.165) is 36.2 Å². The second-order valence-electron chi connectivity index (χ2n) is 5.33. The summed E-state index contributed by atoms with van der Waals surface area (Å²) in [5, 5.41) is 2.99. The van der Waals surface area contributed by atoms with E-state index in [-0.39, 0.29) is 11.8 Å². The van der Waals surface area contributed by atoms with Gasteiger partial charge in [0.25, 0.3) is 0 Å². The summed E-state index contributed by atoms with van der Waals surface area (Å²) >= 11 is 0. The zero-order chi connectivity index (χ0) is 14.5. The van der Waals surface area contributed by atoms with E-state index >= 15 is 0 Å². The molecule has 2 N–H and O–H groups in total. The molecule has 108 valence electrons. The van der Waals surface area contributed by atoms with Gasteiger partial charge in [-0.3, -0.25) is 4.79 Å². The van der Waals surface area contributed by atoms with Crippen molar-refractivity contribution < 1.29 is 4.79 Å². The lowest BCUT2D eigenvalue weighted by Crippen LogP contribution is -2.34. The number of H-pyrrole nitrogens is 1. The first-order valence-electron chi connectivity index (χ1n) is 7.33. The molecular formula is C17H19N3O. The number of amides is 1. The van der Waals surface area contributed by atoms with Crippen molar-refractivity contribution in [2.75, 3.05) is 6.54 Å². The molecule has 0 fully saturated rings. The lowest BCUT2D eigenvalue weighted by Gasteiger charge is -2.20. The Morgan fingerprint density at radius 3 is 3.10 bits per heavy atom. The van der Waals surface area contributed by atoms with Gasteiger partial charge in [-0.2, -0.15) is 0 Å². The van der Waals surface area contributed by atoms with Gasteiger partial charge in [0.05, 0.1) is 12.0 Å². The molecule has 0 spiro atoms. The zero-order valence-corrected chi connectivity index (χ0v) is 11.9. The van der Waals surface area contributed by atoms with Crippen LogP contribution in [0.15, 0.2) is 42.7 Å². The van der Waals surface area contributed by atoms with Crippen LogP contribution in [0.5, 0.6) is 0 Å². The van der Waals surface area contributed by atoms with E-state index < -0.39 is 0 Å². The summed E-state index contributed by atoms with van der Waals surface area (Å²) in [6.45, 7) is 0.570. The van der Waals surface area contributed by atoms with Gasteiger partial charge >= 0.3 is 0 Å². The van der Waals surface area contributed by atoms with Crippen LogP contribution in [-0.4, -0.2) is 22.4 Å². The normalized spacial score (nSPS) is 17.6. The molecule has 2 aromatic rings. The van der Waals surface area contributed by atoms with Gasteiger partial charge in [-0.25, -0.2) is 4.98 Å². The third kappa shape index (κ3) is 3.40. The Bertz CT molecular complexity index is 630. The first-order valence-corrected chi connectivity index (χ1v) is 7.33. The predicted molar refractivity (Wildman–Crippen MR) is 82.6 cm³/mol. The number of nitrogens with zero attached hydrogens (tertiary/aromatic N) is 1. The van der Waals surface area contributed by atoms with E-state index in [4.69, 9.17) is 0 Å². The van der Waals surface area contributed by atoms with E-state index in [9.17, 15) is 4.79 Å². The number of carbonyl (C=O) groups excluding carboxylic acids is 1. The van der Waals surface area contributed by atoms with E-state index in [0.29, 0.717) is 6.54 Å². The molecule has 3 rings (SSSR count). The zero-order valence-electron chi connectivity index (χ0n) is 11.9. The number of nitrogens with one attached hydrogen (secondary N) is 2. The lowest BCUT2D eigenvalue weighted by molar-refractivity contribution is -0.125. The van der Waals surface area contributed by atoms with Crippen molar-refractivity contribution in [1.29, 1.82) is 0 Å². The number of hydrogen-bond donors (Lipinski definition) is 2. The summed E-state index contributed by atoms with van der Waals surface area (Å²) in [6, 6.07) is 10.1. The lowest BCUT2D eigenvalue weighted by atomic mass is 9.89. The van der Waals surface area contributed by atoms with Crippen LogP contribution in [0.3, 0.4) is 0 Å². The Morgan fingerprint density at radius 2 is 2.24 bits per heavy atom. The number of fused-ring (bicyclic) bond motifs is 1. The first kappa shape index (κ1) is 13.6. The van der Waals surface area contributed by atoms with E-state index in [1.54, 1.807) is 6.33 Å². The molecule has 1 atom stereocenters. The van der Waals surface area contributed by atoms with E-state index in [2.05, 4.69) is 15.3 Å². The van der Waals surface area contributed by atoms with Gasteiger partial charge in [0, 0.05) is 24.6 Å². The molecule has 1 unspecified atom stereocenters. The number of hydrogen-bond acceptors (Lipinski definition) is 2. The fourth-order valence-corrected chi connectivity index (χ4v) is 2.69. The average molecular weight is 281 g/mol. The molecule has 0 saturated heterocycles. The van der Waals surface area contributed by atoms with Crippen molar-refractivity contribution in [3.05, 3.63) is 59.7 Å². The van der Waals surface area contributed by atoms with Crippen molar-refractivity contribution in [2.45, 2.75) is 19.3 Å². The van der Waals surface area contributed by atoms with Crippen molar-refractivity contribution >= 4 is 12.0 Å². The van der Waals surface area contributed by atoms with E-state index in [1.807, 2.05) is 42.5 Å². The summed E-state index contributed by atoms with van der Waals surface area (Å²) < 4.78 is 0. The summed E-state index contributed by atoms with van der Waals surface area (Å²) in [5.41, 5.74) is 3.37. The third-order valence-corrected chi connectivity index (χ3v) is 3.86. The van der Waals surface area contributed by atoms with Gasteiger partial charge in [0.2, 0.25) is 5.91 Å². The SMILES string of the molecule is O=C(NC/C=C/c1ccccc1)C1CCc2nc[nH]c2C1. The molecule has 0 saturated carbocycles. The van der Waals surface area contributed by atoms with Crippen LogP contribution in [0.25, 0.3) is 6.08 Å². The predicted octanol–water partition coefficient (Wildman–Crippen LogP) is 2.34. The molecule has 1 heterocycles. The Hall–Kier alpha value is -2.36. The maximum Gasteiger partial charge on any atom is 0.223 e. The van der Waals surface area contributed by atoms with Gasteiger partial charge in [0.1, 0.15) is 0 Å². The van der Waals surface area contributed by atoms with Crippen LogP contribution in [0.1, 0.15) is 23.4 Å². The van der Waals surface area contributed by atoms with Crippen molar-refractivity contribution in [2.24, 2.45) is 5.92 Å². The minimum absolute atomic E-state index is 0.0584. The summed E-state index contributed by atoms with van der Waals surface area (Å²) in [5.74, 6) is 0.191. The average Bonchev–Trinajstić information content (AvgIpc) is 3.00. The van der Waals surface area contributed by atoms with Gasteiger partial charge in [-0.05, 0) is 18.4 Å². The minimum Gasteiger partial charge on any atom is -0.352 e. The largest absolute Gasteiger partial charge is 0.352 e. The number of benzene rings is 1. The van der Waals surface area contributed by atoms with Gasteiger partial charge in [-0.1, -0.05) is 42.5 Å². The molecule has 1 aliphatic rings. The van der Waals surface area contributed by atoms with Gasteiger partial charge in [0.15, 0.2) is 0 Å². The number of aromatic amines is 1. The molecule has 21 heavy (non-hydrogen) atoms. The standard InChI is InChI=1S/C17H19N3O/c21-17(14-8-9-15-16(11-14)20-12-19-15)18-10-4-7-13-5-2-1-3-6-13/h1-7,12,14H,8-11H2,(H,18,21)(H,19,20)/b7-4+. The molecule has 0 bridgehead atoms. The molecule has 1 aliphatic carbocycles. The number of aryl methyl sites for hydroxylation is 1. The first-order chi connectivity index (χ1) is 10.3. The van der Waals surface area contributed by atoms with Crippen LogP contribution < -0.4 is 5.32 Å². The van der Waals surface area contributed by atoms with Crippen molar-refractivity contribution in [3.8, 4) is 0 Å². The van der Waals surface area contributed by atoms with Crippen LogP contribution in [0.4, 0.5) is 0 Å². The fourth-order valence-electron chi connectivity index (χ4n) is 2.69. The molecule has 1 aromatic heterocycles. The smallest absolute Gasteiger partial charge is 0.223 e. The Labute approximate surface area is 124 Å². The van der Waals surface area contributed by atoms with Crippen LogP contribution in [-0.2, 0) is 17.6 Å². The monoisotopic (exact) mass is 281 g/mol. The number of rotatable bonds is 4. The van der Waals surface area contributed by atoms with E-state index in [1.165, 1.54) is 0 Å². The molecule has 4 nitrogen and oxygen atoms in total. The second-order valence-corrected chi connectivity index (χ2v) is 5.33. The number of carbonyl (C=O) groups is 1. The highest BCUT2D eigenvalue weighted by Crippen LogP contribution is 2.22. The maximum atomic E-state index is 12.2. The molecular weight excluding hydrogens is 262 g/mol. The highest BCUT2D eigenvalue weighted by Gasteiger charge is 2.25. The quantitative estimate of drug-likeness (QED) is 0.903. The Kier molecular flexibility index (Phi) is 4.15. The summed E-state index contributed by atoms with van der Waals surface area (Å²) in [4.78, 5) is 19.5. The van der Waals surface area contributed by atoms with Crippen LogP contribution >= 0.6 is 0 Å². The summed E-state index contributed by atoms with van der Waals surface area (Å²) in [6.07, 6.45) is 8.26. The number of aromatic nitrogens is 2. The molecule has 1 amide bonds. The minimum atomic E-state index is 0.0584.